The summed E-state index contributed by atoms with van der Waals surface area (Å²) in [5.41, 5.74) is 0.879. The predicted octanol–water partition coefficient (Wildman–Crippen LogP) is 4.61. The first-order valence-corrected chi connectivity index (χ1v) is 10.5. The third-order valence-electron chi connectivity index (χ3n) is 5.34. The van der Waals surface area contributed by atoms with E-state index in [0.29, 0.717) is 11.7 Å². The molecule has 1 N–H and O–H groups in total. The van der Waals surface area contributed by atoms with Gasteiger partial charge in [-0.3, -0.25) is 0 Å². The molecule has 1 saturated heterocycles. The van der Waals surface area contributed by atoms with E-state index in [4.69, 9.17) is 21.4 Å². The van der Waals surface area contributed by atoms with Gasteiger partial charge in [0.2, 0.25) is 0 Å². The van der Waals surface area contributed by atoms with E-state index >= 15 is 0 Å². The number of thiocarbonyl (C=S) groups is 1. The maximum absolute atomic E-state index is 5.73. The highest BCUT2D eigenvalue weighted by Crippen LogP contribution is 2.24. The van der Waals surface area contributed by atoms with Crippen LogP contribution in [0.5, 0.6) is 5.75 Å². The Morgan fingerprint density at radius 2 is 2.04 bits per heavy atom. The highest BCUT2D eigenvalue weighted by molar-refractivity contribution is 7.80. The lowest BCUT2D eigenvalue weighted by Gasteiger charge is -2.31. The number of benzene rings is 1. The number of anilines is 1. The number of para-hydroxylation sites is 2. The summed E-state index contributed by atoms with van der Waals surface area (Å²) in [4.78, 5) is 4.74. The van der Waals surface area contributed by atoms with Crippen molar-refractivity contribution >= 4 is 23.0 Å². The third kappa shape index (κ3) is 5.97. The quantitative estimate of drug-likeness (QED) is 0.652. The fourth-order valence-corrected chi connectivity index (χ4v) is 3.82. The van der Waals surface area contributed by atoms with E-state index in [9.17, 15) is 0 Å². The number of ether oxygens (including phenoxy) is 1. The van der Waals surface area contributed by atoms with Crippen LogP contribution in [0.1, 0.15) is 31.9 Å². The Bertz CT molecular complexity index is 727. The van der Waals surface area contributed by atoms with Gasteiger partial charge in [-0.25, -0.2) is 0 Å². The summed E-state index contributed by atoms with van der Waals surface area (Å²) in [5.74, 6) is 2.56. The lowest BCUT2D eigenvalue weighted by atomic mass is 9.99. The number of nitrogens with one attached hydrogen (secondary N) is 1. The molecule has 2 aromatic rings. The minimum atomic E-state index is 0.658. The van der Waals surface area contributed by atoms with Gasteiger partial charge in [-0.1, -0.05) is 19.1 Å². The number of likely N-dealkylation sites (tertiary alicyclic amines) is 1. The Morgan fingerprint density at radius 1 is 1.25 bits per heavy atom. The molecule has 1 aromatic carbocycles. The van der Waals surface area contributed by atoms with Crippen LogP contribution in [-0.4, -0.2) is 48.2 Å². The number of nitrogens with zero attached hydrogens (tertiary/aromatic N) is 2. The summed E-state index contributed by atoms with van der Waals surface area (Å²) < 4.78 is 11.0. The molecule has 6 heteroatoms. The zero-order valence-corrected chi connectivity index (χ0v) is 17.7. The van der Waals surface area contributed by atoms with Crippen LogP contribution >= 0.6 is 12.2 Å². The molecule has 0 bridgehead atoms. The molecule has 1 fully saturated rings. The van der Waals surface area contributed by atoms with Gasteiger partial charge in [0.25, 0.3) is 0 Å². The number of furan rings is 1. The normalized spacial score (nSPS) is 15.4. The minimum absolute atomic E-state index is 0.658. The average molecular weight is 402 g/mol. The summed E-state index contributed by atoms with van der Waals surface area (Å²) in [6.07, 6.45) is 5.40. The number of methoxy groups -OCH3 is 1. The monoisotopic (exact) mass is 401 g/mol. The van der Waals surface area contributed by atoms with Gasteiger partial charge < -0.3 is 24.3 Å². The molecule has 0 unspecified atom stereocenters. The van der Waals surface area contributed by atoms with E-state index in [2.05, 4.69) is 22.0 Å². The van der Waals surface area contributed by atoms with E-state index in [0.717, 1.165) is 42.6 Å². The van der Waals surface area contributed by atoms with E-state index < -0.39 is 0 Å². The van der Waals surface area contributed by atoms with Crippen LogP contribution in [0.4, 0.5) is 5.69 Å². The summed E-state index contributed by atoms with van der Waals surface area (Å²) >= 11 is 5.73. The molecule has 3 rings (SSSR count). The molecular weight excluding hydrogens is 370 g/mol. The number of piperidine rings is 1. The van der Waals surface area contributed by atoms with Crippen molar-refractivity contribution in [3.05, 3.63) is 48.4 Å². The lowest BCUT2D eigenvalue weighted by Crippen LogP contribution is -2.38. The van der Waals surface area contributed by atoms with Crippen molar-refractivity contribution in [3.63, 3.8) is 0 Å². The van der Waals surface area contributed by atoms with E-state index in [-0.39, 0.29) is 0 Å². The molecule has 1 aliphatic rings. The van der Waals surface area contributed by atoms with Crippen molar-refractivity contribution < 1.29 is 9.15 Å². The summed E-state index contributed by atoms with van der Waals surface area (Å²) in [7, 11) is 1.67. The fraction of sp³-hybridized carbons (Fsp3) is 0.500. The van der Waals surface area contributed by atoms with Crippen molar-refractivity contribution in [3.8, 4) is 5.75 Å². The highest BCUT2D eigenvalue weighted by atomic mass is 32.1. The number of rotatable bonds is 8. The van der Waals surface area contributed by atoms with Crippen molar-refractivity contribution in [1.82, 2.24) is 9.80 Å². The van der Waals surface area contributed by atoms with E-state index in [1.54, 1.807) is 13.4 Å². The second-order valence-corrected chi connectivity index (χ2v) is 7.90. The molecule has 2 heterocycles. The van der Waals surface area contributed by atoms with Gasteiger partial charge in [-0.2, -0.15) is 0 Å². The molecule has 1 aromatic heterocycles. The van der Waals surface area contributed by atoms with Crippen LogP contribution in [0, 0.1) is 5.92 Å². The van der Waals surface area contributed by atoms with Gasteiger partial charge in [-0.15, -0.1) is 0 Å². The van der Waals surface area contributed by atoms with Crippen LogP contribution in [0.2, 0.25) is 0 Å². The fourth-order valence-electron chi connectivity index (χ4n) is 3.56. The van der Waals surface area contributed by atoms with Crippen molar-refractivity contribution in [2.75, 3.05) is 38.6 Å². The zero-order chi connectivity index (χ0) is 19.8. The molecule has 28 heavy (non-hydrogen) atoms. The van der Waals surface area contributed by atoms with Gasteiger partial charge in [-0.05, 0) is 81.3 Å². The average Bonchev–Trinajstić information content (AvgIpc) is 3.22. The predicted molar refractivity (Wildman–Crippen MR) is 118 cm³/mol. The maximum Gasteiger partial charge on any atom is 0.173 e. The van der Waals surface area contributed by atoms with Gasteiger partial charge in [0, 0.05) is 6.54 Å². The van der Waals surface area contributed by atoms with E-state index in [1.165, 1.54) is 25.9 Å². The molecule has 1 aliphatic heterocycles. The first-order chi connectivity index (χ1) is 13.7. The maximum atomic E-state index is 5.73. The van der Waals surface area contributed by atoms with Gasteiger partial charge >= 0.3 is 0 Å². The standard InChI is InChI=1S/C22H31N3O2S/c1-18-10-14-24(15-11-18)12-6-13-25(17-19-7-5-16-27-19)22(28)23-20-8-3-4-9-21(20)26-2/h3-5,7-9,16,18H,6,10-15,17H2,1-2H3,(H,23,28). The molecule has 5 nitrogen and oxygen atoms in total. The summed E-state index contributed by atoms with van der Waals surface area (Å²) in [6, 6.07) is 11.7. The molecular formula is C22H31N3O2S. The molecule has 152 valence electrons. The van der Waals surface area contributed by atoms with Crippen molar-refractivity contribution in [2.24, 2.45) is 5.92 Å². The third-order valence-corrected chi connectivity index (χ3v) is 5.70. The molecule has 0 aliphatic carbocycles. The molecule has 0 radical (unpaired) electrons. The molecule has 0 spiro atoms. The van der Waals surface area contributed by atoms with Crippen LogP contribution in [0.3, 0.4) is 0 Å². The van der Waals surface area contributed by atoms with Gasteiger partial charge in [0.05, 0.1) is 25.6 Å². The largest absolute Gasteiger partial charge is 0.495 e. The number of hydrogen-bond donors (Lipinski definition) is 1. The minimum Gasteiger partial charge on any atom is -0.495 e. The first-order valence-electron chi connectivity index (χ1n) is 10.1. The lowest BCUT2D eigenvalue weighted by molar-refractivity contribution is 0.185. The van der Waals surface area contributed by atoms with Crippen molar-refractivity contribution in [1.29, 1.82) is 0 Å². The first kappa shape index (κ1) is 20.7. The zero-order valence-electron chi connectivity index (χ0n) is 16.9. The Morgan fingerprint density at radius 3 is 2.75 bits per heavy atom. The van der Waals surface area contributed by atoms with Gasteiger partial charge in [0.15, 0.2) is 5.11 Å². The summed E-state index contributed by atoms with van der Waals surface area (Å²) in [6.45, 7) is 7.42. The Labute approximate surface area is 173 Å². The van der Waals surface area contributed by atoms with Crippen LogP contribution in [0.25, 0.3) is 0 Å². The van der Waals surface area contributed by atoms with Crippen LogP contribution < -0.4 is 10.1 Å². The molecule has 0 saturated carbocycles. The Hall–Kier alpha value is -2.05. The van der Waals surface area contributed by atoms with Gasteiger partial charge in [0.1, 0.15) is 11.5 Å². The van der Waals surface area contributed by atoms with Crippen molar-refractivity contribution in [2.45, 2.75) is 32.7 Å². The summed E-state index contributed by atoms with van der Waals surface area (Å²) in [5, 5.41) is 4.03. The Kier molecular flexibility index (Phi) is 7.74. The Balaban J connectivity index is 1.58. The van der Waals surface area contributed by atoms with E-state index in [1.807, 2.05) is 36.4 Å². The topological polar surface area (TPSA) is 40.9 Å². The second kappa shape index (κ2) is 10.5. The molecule has 0 amide bonds. The smallest absolute Gasteiger partial charge is 0.173 e. The van der Waals surface area contributed by atoms with Crippen LogP contribution in [0.15, 0.2) is 47.1 Å². The SMILES string of the molecule is COc1ccccc1NC(=S)N(CCCN1CCC(C)CC1)Cc1ccco1. The van der Waals surface area contributed by atoms with Crippen LogP contribution in [-0.2, 0) is 6.54 Å². The molecule has 0 atom stereocenters. The number of hydrogen-bond acceptors (Lipinski definition) is 4. The second-order valence-electron chi connectivity index (χ2n) is 7.51. The highest BCUT2D eigenvalue weighted by Gasteiger charge is 2.17.